The average Bonchev–Trinajstić information content (AvgIpc) is 3.75. The molecule has 1 aliphatic heterocycles. The first-order chi connectivity index (χ1) is 33.3. The quantitative estimate of drug-likeness (QED) is 0.0481. The number of Topliss-reactive ketones (excluding diaryl/α,β-unsaturated/α-hetero) is 1. The molecule has 17 nitrogen and oxygen atoms in total. The van der Waals surface area contributed by atoms with Crippen molar-refractivity contribution < 1.29 is 33.6 Å². The van der Waals surface area contributed by atoms with E-state index in [0.29, 0.717) is 12.8 Å². The Morgan fingerprint density at radius 1 is 0.725 bits per heavy atom. The van der Waals surface area contributed by atoms with Crippen LogP contribution in [0.2, 0.25) is 0 Å². The van der Waals surface area contributed by atoms with Crippen LogP contribution in [0.25, 0.3) is 10.9 Å². The fraction of sp³-hybridized carbons (Fsp3) is 0.462. The lowest BCUT2D eigenvalue weighted by atomic mass is 9.84. The second-order valence-electron chi connectivity index (χ2n) is 18.4. The van der Waals surface area contributed by atoms with Crippen LogP contribution in [-0.4, -0.2) is 95.5 Å². The van der Waals surface area contributed by atoms with Crippen molar-refractivity contribution in [2.24, 2.45) is 28.3 Å². The van der Waals surface area contributed by atoms with Crippen molar-refractivity contribution in [3.8, 4) is 0 Å². The van der Waals surface area contributed by atoms with Crippen molar-refractivity contribution in [2.75, 3.05) is 13.1 Å². The van der Waals surface area contributed by atoms with E-state index in [-0.39, 0.29) is 69.9 Å². The van der Waals surface area contributed by atoms with Crippen LogP contribution in [-0.2, 0) is 52.8 Å². The van der Waals surface area contributed by atoms with Crippen LogP contribution in [0.15, 0.2) is 96.1 Å². The number of nitrogens with two attached hydrogens (primary N) is 2. The van der Waals surface area contributed by atoms with Crippen molar-refractivity contribution in [1.29, 1.82) is 0 Å². The number of ketones is 1. The van der Waals surface area contributed by atoms with Crippen LogP contribution >= 0.6 is 0 Å². The summed E-state index contributed by atoms with van der Waals surface area (Å²) in [7, 11) is 0. The van der Waals surface area contributed by atoms with Gasteiger partial charge >= 0.3 is 0 Å². The smallest absolute Gasteiger partial charge is 0.243 e. The van der Waals surface area contributed by atoms with Gasteiger partial charge in [0, 0.05) is 62.3 Å². The molecular weight excluding hydrogens is 877 g/mol. The minimum atomic E-state index is -1.16. The molecule has 6 amide bonds. The standard InChI is InChI=1S/C52H68N10O7/c1-33(63)58-43(28-35-17-7-3-8-18-35)49(67)59-41-23-13-25-55-48(66)42(24-14-26-56-52(53)54)60-51(69)45(30-38-32-57-40-22-12-11-21-39(38)40)62-50(68)44(29-36-19-9-4-10-20-36)61-47(65)37(31-46(41)64)27-34-15-5-2-6-16-34/h2-3,5-8,11-12,15-18,21-22,32,36-37,41-45,57H,4,9-10,13-14,19-20,23-31H2,1H3,(H,55,66)(H,58,63)(H,59,67)(H,60,69)(H,61,65)(H,62,68)(H4,53,54,56)/t37-,41-,42-,43-,44+,45-/m0/s1. The van der Waals surface area contributed by atoms with Gasteiger partial charge in [-0.05, 0) is 67.2 Å². The lowest BCUT2D eigenvalue weighted by molar-refractivity contribution is -0.136. The predicted molar refractivity (Wildman–Crippen MR) is 264 cm³/mol. The van der Waals surface area contributed by atoms with E-state index in [1.54, 1.807) is 6.20 Å². The largest absolute Gasteiger partial charge is 0.370 e. The Morgan fingerprint density at radius 2 is 1.38 bits per heavy atom. The zero-order valence-corrected chi connectivity index (χ0v) is 39.5. The second-order valence-corrected chi connectivity index (χ2v) is 18.4. The Bertz CT molecular complexity index is 2400. The van der Waals surface area contributed by atoms with E-state index in [0.717, 1.165) is 59.7 Å². The summed E-state index contributed by atoms with van der Waals surface area (Å²) in [6.45, 7) is 1.56. The fourth-order valence-electron chi connectivity index (χ4n) is 9.40. The van der Waals surface area contributed by atoms with Gasteiger partial charge in [-0.15, -0.1) is 0 Å². The Balaban J connectivity index is 1.35. The molecule has 6 rings (SSSR count). The lowest BCUT2D eigenvalue weighted by Gasteiger charge is -2.30. The number of aromatic nitrogens is 1. The minimum Gasteiger partial charge on any atom is -0.370 e. The normalized spacial score (nSPS) is 21.9. The Kier molecular flexibility index (Phi) is 19.3. The van der Waals surface area contributed by atoms with Gasteiger partial charge in [-0.1, -0.05) is 111 Å². The molecule has 0 radical (unpaired) electrons. The highest BCUT2D eigenvalue weighted by molar-refractivity contribution is 5.97. The number of rotatable bonds is 15. The van der Waals surface area contributed by atoms with E-state index in [1.165, 1.54) is 6.92 Å². The van der Waals surface area contributed by atoms with E-state index in [4.69, 9.17) is 11.5 Å². The third-order valence-corrected chi connectivity index (χ3v) is 13.0. The molecule has 0 spiro atoms. The molecule has 6 atom stereocenters. The number of carbonyl (C=O) groups excluding carboxylic acids is 7. The number of guanidine groups is 1. The Hall–Kier alpha value is -7.04. The fourth-order valence-corrected chi connectivity index (χ4v) is 9.40. The van der Waals surface area contributed by atoms with Gasteiger partial charge in [-0.25, -0.2) is 0 Å². The molecule has 11 N–H and O–H groups in total. The third-order valence-electron chi connectivity index (χ3n) is 13.0. The summed E-state index contributed by atoms with van der Waals surface area (Å²) >= 11 is 0. The molecular formula is C52H68N10O7. The highest BCUT2D eigenvalue weighted by atomic mass is 16.2. The first-order valence-electron chi connectivity index (χ1n) is 24.3. The van der Waals surface area contributed by atoms with Gasteiger partial charge in [-0.3, -0.25) is 38.6 Å². The Labute approximate surface area is 403 Å². The summed E-state index contributed by atoms with van der Waals surface area (Å²) < 4.78 is 0. The van der Waals surface area contributed by atoms with Crippen LogP contribution in [0.4, 0.5) is 0 Å². The van der Waals surface area contributed by atoms with Crippen LogP contribution in [0, 0.1) is 11.8 Å². The van der Waals surface area contributed by atoms with E-state index >= 15 is 0 Å². The number of nitrogens with zero attached hydrogens (tertiary/aromatic N) is 1. The van der Waals surface area contributed by atoms with Crippen molar-refractivity contribution in [3.63, 3.8) is 0 Å². The van der Waals surface area contributed by atoms with Gasteiger partial charge < -0.3 is 48.4 Å². The summed E-state index contributed by atoms with van der Waals surface area (Å²) in [6, 6.07) is 20.6. The number of hydrogen-bond donors (Lipinski definition) is 9. The molecule has 2 fully saturated rings. The third kappa shape index (κ3) is 16.0. The predicted octanol–water partition coefficient (Wildman–Crippen LogP) is 3.15. The monoisotopic (exact) mass is 945 g/mol. The second kappa shape index (κ2) is 25.9. The molecule has 2 heterocycles. The maximum absolute atomic E-state index is 14.8. The van der Waals surface area contributed by atoms with Crippen LogP contribution < -0.4 is 43.4 Å². The van der Waals surface area contributed by atoms with Crippen LogP contribution in [0.5, 0.6) is 0 Å². The van der Waals surface area contributed by atoms with Crippen LogP contribution in [0.1, 0.15) is 94.2 Å². The van der Waals surface area contributed by atoms with E-state index in [1.807, 2.05) is 84.9 Å². The highest BCUT2D eigenvalue weighted by Crippen LogP contribution is 2.28. The number of aliphatic imine (C=N–C) groups is 1. The molecule has 69 heavy (non-hydrogen) atoms. The topological polar surface area (TPSA) is 272 Å². The van der Waals surface area contributed by atoms with Crippen molar-refractivity contribution >= 4 is 58.1 Å². The SMILES string of the molecule is CC(=O)N[C@@H](Cc1ccccc1)C(=O)N[C@H]1CCCNC(=O)[C@H](CCCN=C(N)N)NC(=O)[C@H](Cc2c[nH]c3ccccc23)NC(=O)[C@@H](CC2CCCCC2)NC(=O)[C@@H](Cc2ccccc2)CC1=O. The number of amides is 6. The molecule has 0 unspecified atom stereocenters. The number of aromatic amines is 1. The summed E-state index contributed by atoms with van der Waals surface area (Å²) in [5, 5.41) is 18.3. The maximum atomic E-state index is 14.8. The highest BCUT2D eigenvalue weighted by Gasteiger charge is 2.36. The summed E-state index contributed by atoms with van der Waals surface area (Å²) in [6.07, 6.45) is 7.75. The minimum absolute atomic E-state index is 0.0597. The molecule has 2 aliphatic rings. The Morgan fingerprint density at radius 3 is 2.09 bits per heavy atom. The number of para-hydroxylation sites is 1. The number of carbonyl (C=O) groups is 7. The summed E-state index contributed by atoms with van der Waals surface area (Å²) in [4.78, 5) is 107. The van der Waals surface area contributed by atoms with Gasteiger partial charge in [0.1, 0.15) is 24.2 Å². The lowest BCUT2D eigenvalue weighted by Crippen LogP contribution is -2.58. The first-order valence-corrected chi connectivity index (χ1v) is 24.3. The molecule has 17 heteroatoms. The maximum Gasteiger partial charge on any atom is 0.243 e. The van der Waals surface area contributed by atoms with Gasteiger partial charge in [-0.2, -0.15) is 0 Å². The van der Waals surface area contributed by atoms with Crippen molar-refractivity contribution in [1.82, 2.24) is 36.9 Å². The number of fused-ring (bicyclic) bond motifs is 1. The molecule has 1 saturated carbocycles. The number of nitrogens with one attached hydrogen (secondary N) is 7. The molecule has 1 aliphatic carbocycles. The number of benzene rings is 3. The molecule has 0 bridgehead atoms. The zero-order chi connectivity index (χ0) is 49.1. The number of H-pyrrole nitrogens is 1. The van der Waals surface area contributed by atoms with E-state index in [9.17, 15) is 33.6 Å². The number of hydrogen-bond acceptors (Lipinski definition) is 8. The average molecular weight is 945 g/mol. The zero-order valence-electron chi connectivity index (χ0n) is 39.5. The molecule has 1 saturated heterocycles. The molecule has 4 aromatic rings. The molecule has 368 valence electrons. The van der Waals surface area contributed by atoms with E-state index in [2.05, 4.69) is 41.9 Å². The van der Waals surface area contributed by atoms with Gasteiger partial charge in [0.15, 0.2) is 11.7 Å². The van der Waals surface area contributed by atoms with Gasteiger partial charge in [0.2, 0.25) is 35.4 Å². The van der Waals surface area contributed by atoms with Crippen molar-refractivity contribution in [2.45, 2.75) is 127 Å². The summed E-state index contributed by atoms with van der Waals surface area (Å²) in [5.74, 6) is -4.58. The van der Waals surface area contributed by atoms with E-state index < -0.39 is 77.4 Å². The van der Waals surface area contributed by atoms with Crippen molar-refractivity contribution in [3.05, 3.63) is 108 Å². The molecule has 1 aromatic heterocycles. The summed E-state index contributed by atoms with van der Waals surface area (Å²) in [5.41, 5.74) is 14.3. The van der Waals surface area contributed by atoms with Crippen LogP contribution in [0.3, 0.4) is 0 Å². The first kappa shape index (κ1) is 51.4. The van der Waals surface area contributed by atoms with Gasteiger partial charge in [0.05, 0.1) is 6.04 Å². The molecule has 3 aromatic carbocycles. The van der Waals surface area contributed by atoms with Gasteiger partial charge in [0.25, 0.3) is 0 Å².